The number of non-ortho nitro benzene ring substituents is 1. The van der Waals surface area contributed by atoms with Crippen LogP contribution in [0.1, 0.15) is 44.6 Å². The summed E-state index contributed by atoms with van der Waals surface area (Å²) in [6, 6.07) is 6.71. The fraction of sp³-hybridized carbons (Fsp3) is 0.474. The van der Waals surface area contributed by atoms with Crippen LogP contribution in [0.25, 0.3) is 0 Å². The molecule has 0 radical (unpaired) electrons. The van der Waals surface area contributed by atoms with Gasteiger partial charge in [0.05, 0.1) is 11.0 Å². The first kappa shape index (κ1) is 20.3. The average Bonchev–Trinajstić information content (AvgIpc) is 2.92. The van der Waals surface area contributed by atoms with Crippen LogP contribution in [0, 0.1) is 21.4 Å². The lowest BCUT2D eigenvalue weighted by Gasteiger charge is -2.32. The number of urea groups is 1. The molecule has 10 heteroatoms. The molecule has 2 aliphatic rings. The zero-order valence-electron chi connectivity index (χ0n) is 15.9. The number of carbonyl (C=O) groups is 3. The monoisotopic (exact) mass is 399 g/mol. The number of hydrogen-bond donors (Lipinski definition) is 2. The van der Waals surface area contributed by atoms with E-state index in [9.17, 15) is 29.8 Å². The van der Waals surface area contributed by atoms with Crippen molar-refractivity contribution in [3.05, 3.63) is 39.9 Å². The summed E-state index contributed by atoms with van der Waals surface area (Å²) in [4.78, 5) is 48.8. The van der Waals surface area contributed by atoms with Gasteiger partial charge in [0.15, 0.2) is 0 Å². The molecule has 0 unspecified atom stereocenters. The molecule has 1 aromatic rings. The number of amides is 4. The van der Waals surface area contributed by atoms with Crippen LogP contribution in [0.15, 0.2) is 24.3 Å². The van der Waals surface area contributed by atoms with Gasteiger partial charge < -0.3 is 10.6 Å². The summed E-state index contributed by atoms with van der Waals surface area (Å²) in [6.45, 7) is 0.973. The molecule has 152 valence electrons. The summed E-state index contributed by atoms with van der Waals surface area (Å²) in [5.74, 6) is -1.22. The molecule has 4 amide bonds. The Bertz CT molecular complexity index is 901. The topological polar surface area (TPSA) is 145 Å². The zero-order chi connectivity index (χ0) is 21.2. The Labute approximate surface area is 167 Å². The molecule has 3 rings (SSSR count). The lowest BCUT2D eigenvalue weighted by Crippen LogP contribution is -2.52. The van der Waals surface area contributed by atoms with Crippen molar-refractivity contribution < 1.29 is 19.3 Å². The maximum atomic E-state index is 12.9. The maximum Gasteiger partial charge on any atom is 0.325 e. The van der Waals surface area contributed by atoms with Gasteiger partial charge in [0.25, 0.3) is 11.6 Å². The third kappa shape index (κ3) is 3.76. The number of nitro benzene ring substituents is 1. The van der Waals surface area contributed by atoms with E-state index < -0.39 is 40.4 Å². The number of nitrogens with zero attached hydrogens (tertiary/aromatic N) is 3. The first-order valence-corrected chi connectivity index (χ1v) is 9.32. The van der Waals surface area contributed by atoms with Gasteiger partial charge in [-0.05, 0) is 37.5 Å². The predicted molar refractivity (Wildman–Crippen MR) is 100 cm³/mol. The molecule has 1 saturated heterocycles. The highest BCUT2D eigenvalue weighted by Gasteiger charge is 2.50. The zero-order valence-corrected chi connectivity index (χ0v) is 15.9. The van der Waals surface area contributed by atoms with E-state index in [1.165, 1.54) is 31.2 Å². The van der Waals surface area contributed by atoms with Gasteiger partial charge in [-0.1, -0.05) is 19.3 Å². The average molecular weight is 399 g/mol. The first-order valence-electron chi connectivity index (χ1n) is 9.32. The van der Waals surface area contributed by atoms with Crippen LogP contribution in [0.3, 0.4) is 0 Å². The summed E-state index contributed by atoms with van der Waals surface area (Å²) in [6.07, 6.45) is 3.73. The molecule has 1 aliphatic carbocycles. The van der Waals surface area contributed by atoms with E-state index >= 15 is 0 Å². The summed E-state index contributed by atoms with van der Waals surface area (Å²) < 4.78 is 0. The van der Waals surface area contributed by atoms with Crippen molar-refractivity contribution in [1.29, 1.82) is 5.26 Å². The van der Waals surface area contributed by atoms with Gasteiger partial charge >= 0.3 is 6.03 Å². The number of nitro groups is 1. The van der Waals surface area contributed by atoms with E-state index in [0.29, 0.717) is 18.4 Å². The number of hydrogen-bond acceptors (Lipinski definition) is 6. The van der Waals surface area contributed by atoms with E-state index in [1.807, 2.05) is 0 Å². The molecular formula is C19H21N5O5. The minimum atomic E-state index is -1.44. The molecule has 0 aromatic heterocycles. The second-order valence-electron chi connectivity index (χ2n) is 7.55. The Morgan fingerprint density at radius 1 is 1.28 bits per heavy atom. The normalized spacial score (nSPS) is 23.2. The molecule has 1 aromatic carbocycles. The van der Waals surface area contributed by atoms with Crippen molar-refractivity contribution in [2.45, 2.75) is 50.1 Å². The Kier molecular flexibility index (Phi) is 5.24. The molecule has 1 saturated carbocycles. The number of nitrogens with one attached hydrogen (secondary N) is 2. The van der Waals surface area contributed by atoms with Gasteiger partial charge in [-0.2, -0.15) is 5.26 Å². The summed E-state index contributed by atoms with van der Waals surface area (Å²) in [7, 11) is 0. The molecule has 1 aliphatic heterocycles. The molecular weight excluding hydrogens is 378 g/mol. The van der Waals surface area contributed by atoms with Gasteiger partial charge in [0.2, 0.25) is 5.91 Å². The minimum Gasteiger partial charge on any atom is -0.336 e. The summed E-state index contributed by atoms with van der Waals surface area (Å²) in [5, 5.41) is 25.5. The quantitative estimate of drug-likeness (QED) is 0.438. The van der Waals surface area contributed by atoms with Crippen LogP contribution in [0.5, 0.6) is 0 Å². The van der Waals surface area contributed by atoms with Crippen LogP contribution >= 0.6 is 0 Å². The van der Waals surface area contributed by atoms with Crippen molar-refractivity contribution in [1.82, 2.24) is 15.5 Å². The lowest BCUT2D eigenvalue weighted by atomic mass is 9.83. The SMILES string of the molecule is C[C@]1(c2ccc([N+](=O)[O-])cc2)NC(=O)N(CC(=O)NC2(C#N)CCCCC2)C1=O. The molecule has 1 atom stereocenters. The van der Waals surface area contributed by atoms with Crippen LogP contribution in [-0.4, -0.2) is 39.8 Å². The van der Waals surface area contributed by atoms with E-state index in [2.05, 4.69) is 16.7 Å². The Morgan fingerprint density at radius 2 is 1.90 bits per heavy atom. The van der Waals surface area contributed by atoms with Crippen molar-refractivity contribution in [3.63, 3.8) is 0 Å². The van der Waals surface area contributed by atoms with E-state index in [0.717, 1.165) is 24.2 Å². The maximum absolute atomic E-state index is 12.9. The van der Waals surface area contributed by atoms with Gasteiger partial charge in [0, 0.05) is 12.1 Å². The Balaban J connectivity index is 1.73. The fourth-order valence-corrected chi connectivity index (χ4v) is 3.82. The van der Waals surface area contributed by atoms with Crippen LogP contribution in [-0.2, 0) is 15.1 Å². The highest BCUT2D eigenvalue weighted by atomic mass is 16.6. The molecule has 2 fully saturated rings. The van der Waals surface area contributed by atoms with Crippen molar-refractivity contribution >= 4 is 23.5 Å². The lowest BCUT2D eigenvalue weighted by molar-refractivity contribution is -0.384. The number of benzene rings is 1. The number of imide groups is 1. The fourth-order valence-electron chi connectivity index (χ4n) is 3.82. The first-order chi connectivity index (χ1) is 13.7. The molecule has 10 nitrogen and oxygen atoms in total. The smallest absolute Gasteiger partial charge is 0.325 e. The molecule has 0 bridgehead atoms. The molecule has 1 heterocycles. The van der Waals surface area contributed by atoms with E-state index in [1.54, 1.807) is 0 Å². The van der Waals surface area contributed by atoms with Crippen molar-refractivity contribution in [2.75, 3.05) is 6.54 Å². The van der Waals surface area contributed by atoms with Gasteiger partial charge in [0.1, 0.15) is 17.6 Å². The van der Waals surface area contributed by atoms with Gasteiger partial charge in [-0.15, -0.1) is 0 Å². The Hall–Kier alpha value is -3.48. The third-order valence-corrected chi connectivity index (χ3v) is 5.53. The number of carbonyl (C=O) groups excluding carboxylic acids is 3. The largest absolute Gasteiger partial charge is 0.336 e. The van der Waals surface area contributed by atoms with Gasteiger partial charge in [-0.3, -0.25) is 24.6 Å². The number of nitriles is 1. The molecule has 0 spiro atoms. The predicted octanol–water partition coefficient (Wildman–Crippen LogP) is 1.70. The van der Waals surface area contributed by atoms with Crippen molar-refractivity contribution in [3.8, 4) is 6.07 Å². The second-order valence-corrected chi connectivity index (χ2v) is 7.55. The van der Waals surface area contributed by atoms with Crippen molar-refractivity contribution in [2.24, 2.45) is 0 Å². The van der Waals surface area contributed by atoms with Crippen LogP contribution < -0.4 is 10.6 Å². The van der Waals surface area contributed by atoms with E-state index in [4.69, 9.17) is 0 Å². The minimum absolute atomic E-state index is 0.139. The van der Waals surface area contributed by atoms with Crippen LogP contribution in [0.4, 0.5) is 10.5 Å². The number of rotatable bonds is 5. The standard InChI is InChI=1S/C19H21N5O5/c1-18(13-5-7-14(8-6-13)24(28)29)16(26)23(17(27)22-18)11-15(25)21-19(12-20)9-3-2-4-10-19/h5-8H,2-4,9-11H2,1H3,(H,21,25)(H,22,27)/t18-/m1/s1. The summed E-state index contributed by atoms with van der Waals surface area (Å²) >= 11 is 0. The third-order valence-electron chi connectivity index (χ3n) is 5.53. The highest BCUT2D eigenvalue weighted by Crippen LogP contribution is 2.31. The Morgan fingerprint density at radius 3 is 2.45 bits per heavy atom. The van der Waals surface area contributed by atoms with Gasteiger partial charge in [-0.25, -0.2) is 4.79 Å². The summed E-state index contributed by atoms with van der Waals surface area (Å²) in [5.41, 5.74) is -2.18. The van der Waals surface area contributed by atoms with Crippen LogP contribution in [0.2, 0.25) is 0 Å². The second kappa shape index (κ2) is 7.50. The molecule has 2 N–H and O–H groups in total. The van der Waals surface area contributed by atoms with E-state index in [-0.39, 0.29) is 5.69 Å². The molecule has 29 heavy (non-hydrogen) atoms. The highest BCUT2D eigenvalue weighted by molar-refractivity contribution is 6.09.